The predicted octanol–water partition coefficient (Wildman–Crippen LogP) is 0.0498. The van der Waals surface area contributed by atoms with Gasteiger partial charge in [-0.1, -0.05) is 0 Å². The number of nitrogens with two attached hydrogens (primary N) is 2. The van der Waals surface area contributed by atoms with Crippen LogP contribution < -0.4 is 25.7 Å². The zero-order valence-electron chi connectivity index (χ0n) is 9.43. The third-order valence-electron chi connectivity index (χ3n) is 2.38. The number of rotatable bonds is 2. The Bertz CT molecular complexity index is 586. The molecule has 1 heterocycles. The van der Waals surface area contributed by atoms with Crippen molar-refractivity contribution in [3.63, 3.8) is 0 Å². The van der Waals surface area contributed by atoms with Crippen molar-refractivity contribution < 1.29 is 14.2 Å². The molecule has 17 heavy (non-hydrogen) atoms. The first-order valence-electron chi connectivity index (χ1n) is 4.79. The van der Waals surface area contributed by atoms with Crippen molar-refractivity contribution in [3.05, 3.63) is 17.3 Å². The van der Waals surface area contributed by atoms with Crippen molar-refractivity contribution in [1.82, 2.24) is 4.98 Å². The van der Waals surface area contributed by atoms with E-state index in [0.717, 1.165) is 0 Å². The van der Waals surface area contributed by atoms with E-state index in [2.05, 4.69) is 4.98 Å². The molecule has 0 saturated heterocycles. The zero-order valence-corrected chi connectivity index (χ0v) is 9.43. The van der Waals surface area contributed by atoms with Crippen LogP contribution in [0.5, 0.6) is 11.8 Å². The largest absolute Gasteiger partial charge is 0.615 e. The van der Waals surface area contributed by atoms with E-state index in [4.69, 9.17) is 20.9 Å². The van der Waals surface area contributed by atoms with Gasteiger partial charge in [-0.25, -0.2) is 0 Å². The Balaban J connectivity index is 2.95. The van der Waals surface area contributed by atoms with Crippen LogP contribution in [0.15, 0.2) is 12.1 Å². The van der Waals surface area contributed by atoms with E-state index in [1.807, 2.05) is 0 Å². The van der Waals surface area contributed by atoms with Gasteiger partial charge < -0.3 is 26.1 Å². The maximum atomic E-state index is 12.0. The molecular weight excluding hydrogens is 224 g/mol. The van der Waals surface area contributed by atoms with E-state index in [1.165, 1.54) is 14.2 Å². The SMILES string of the molecule is COc1nc2c(N)ccc(N)c2[n+]([O-])c1OC. The number of hydrogen-bond acceptors (Lipinski definition) is 6. The molecule has 0 bridgehead atoms. The average molecular weight is 236 g/mol. The summed E-state index contributed by atoms with van der Waals surface area (Å²) in [6.07, 6.45) is 0. The molecule has 0 unspecified atom stereocenters. The minimum Gasteiger partial charge on any atom is -0.615 e. The number of ether oxygens (including phenoxy) is 2. The Morgan fingerprint density at radius 2 is 1.82 bits per heavy atom. The zero-order chi connectivity index (χ0) is 12.6. The van der Waals surface area contributed by atoms with Gasteiger partial charge in [-0.15, -0.1) is 4.73 Å². The average Bonchev–Trinajstić information content (AvgIpc) is 2.33. The standard InChI is InChI=1S/C10H12N4O3/c1-16-9-10(17-2)14(15)8-6(12)4-3-5(11)7(8)13-9/h3-4H,11-12H2,1-2H3. The molecule has 0 radical (unpaired) electrons. The van der Waals surface area contributed by atoms with Crippen LogP contribution in [0.1, 0.15) is 0 Å². The fourth-order valence-corrected chi connectivity index (χ4v) is 1.58. The van der Waals surface area contributed by atoms with Crippen LogP contribution in [-0.2, 0) is 0 Å². The Morgan fingerprint density at radius 3 is 2.41 bits per heavy atom. The monoisotopic (exact) mass is 236 g/mol. The Labute approximate surface area is 97.1 Å². The molecular formula is C10H12N4O3. The molecule has 7 nitrogen and oxygen atoms in total. The topological polar surface area (TPSA) is 110 Å². The molecule has 0 aliphatic carbocycles. The number of fused-ring (bicyclic) bond motifs is 1. The summed E-state index contributed by atoms with van der Waals surface area (Å²) in [5.41, 5.74) is 12.6. The van der Waals surface area contributed by atoms with E-state index in [1.54, 1.807) is 12.1 Å². The maximum Gasteiger partial charge on any atom is 0.444 e. The Kier molecular flexibility index (Phi) is 2.51. The Morgan fingerprint density at radius 1 is 1.18 bits per heavy atom. The van der Waals surface area contributed by atoms with Gasteiger partial charge in [0.05, 0.1) is 19.9 Å². The van der Waals surface area contributed by atoms with Crippen molar-refractivity contribution in [2.45, 2.75) is 0 Å². The number of aromatic nitrogens is 2. The van der Waals surface area contributed by atoms with Crippen LogP contribution in [-0.4, -0.2) is 19.2 Å². The molecule has 0 aliphatic heterocycles. The first-order valence-corrected chi connectivity index (χ1v) is 4.79. The van der Waals surface area contributed by atoms with Gasteiger partial charge in [-0.05, 0) is 12.1 Å². The van der Waals surface area contributed by atoms with Crippen molar-refractivity contribution in [2.75, 3.05) is 25.7 Å². The summed E-state index contributed by atoms with van der Waals surface area (Å²) in [6, 6.07) is 3.12. The normalized spacial score (nSPS) is 10.5. The summed E-state index contributed by atoms with van der Waals surface area (Å²) >= 11 is 0. The van der Waals surface area contributed by atoms with Gasteiger partial charge in [-0.2, -0.15) is 4.98 Å². The fourth-order valence-electron chi connectivity index (χ4n) is 1.58. The van der Waals surface area contributed by atoms with Gasteiger partial charge >= 0.3 is 11.8 Å². The molecule has 2 aromatic rings. The van der Waals surface area contributed by atoms with Crippen molar-refractivity contribution in [2.24, 2.45) is 0 Å². The summed E-state index contributed by atoms with van der Waals surface area (Å²) in [5, 5.41) is 12.0. The first-order chi connectivity index (χ1) is 8.10. The lowest BCUT2D eigenvalue weighted by Crippen LogP contribution is -2.31. The molecule has 2 rings (SSSR count). The molecule has 0 amide bonds. The van der Waals surface area contributed by atoms with Crippen LogP contribution in [0.2, 0.25) is 0 Å². The molecule has 1 aromatic heterocycles. The summed E-state index contributed by atoms with van der Waals surface area (Å²) < 4.78 is 10.4. The highest BCUT2D eigenvalue weighted by molar-refractivity contribution is 5.93. The fraction of sp³-hybridized carbons (Fsp3) is 0.200. The molecule has 90 valence electrons. The molecule has 0 saturated carbocycles. The van der Waals surface area contributed by atoms with Crippen LogP contribution in [0.4, 0.5) is 11.4 Å². The smallest absolute Gasteiger partial charge is 0.444 e. The quantitative estimate of drug-likeness (QED) is 0.433. The highest BCUT2D eigenvalue weighted by Gasteiger charge is 2.23. The van der Waals surface area contributed by atoms with Gasteiger partial charge in [0.1, 0.15) is 5.69 Å². The Hall–Kier alpha value is -2.44. The number of benzene rings is 1. The summed E-state index contributed by atoms with van der Waals surface area (Å²) in [6.45, 7) is 0. The highest BCUT2D eigenvalue weighted by atomic mass is 16.6. The van der Waals surface area contributed by atoms with Crippen molar-refractivity contribution in [1.29, 1.82) is 0 Å². The van der Waals surface area contributed by atoms with Crippen LogP contribution in [0.3, 0.4) is 0 Å². The summed E-state index contributed by atoms with van der Waals surface area (Å²) in [4.78, 5) is 4.11. The minimum absolute atomic E-state index is 0.0581. The second-order valence-electron chi connectivity index (χ2n) is 3.37. The van der Waals surface area contributed by atoms with Gasteiger partial charge in [0, 0.05) is 0 Å². The molecule has 4 N–H and O–H groups in total. The number of nitrogens with zero attached hydrogens (tertiary/aromatic N) is 2. The van der Waals surface area contributed by atoms with E-state index in [0.29, 0.717) is 10.4 Å². The van der Waals surface area contributed by atoms with Crippen molar-refractivity contribution >= 4 is 22.4 Å². The minimum atomic E-state index is -0.0581. The molecule has 7 heteroatoms. The van der Waals surface area contributed by atoms with Crippen molar-refractivity contribution in [3.8, 4) is 11.8 Å². The second kappa shape index (κ2) is 3.85. The predicted molar refractivity (Wildman–Crippen MR) is 62.6 cm³/mol. The lowest BCUT2D eigenvalue weighted by Gasteiger charge is -2.10. The van der Waals surface area contributed by atoms with Crippen LogP contribution in [0.25, 0.3) is 11.0 Å². The molecule has 1 aromatic carbocycles. The third kappa shape index (κ3) is 1.52. The molecule has 0 atom stereocenters. The summed E-state index contributed by atoms with van der Waals surface area (Å²) in [7, 11) is 2.74. The van der Waals surface area contributed by atoms with E-state index in [9.17, 15) is 5.21 Å². The lowest BCUT2D eigenvalue weighted by atomic mass is 10.2. The maximum absolute atomic E-state index is 12.0. The number of methoxy groups -OCH3 is 2. The van der Waals surface area contributed by atoms with Gasteiger partial charge in [0.2, 0.25) is 0 Å². The van der Waals surface area contributed by atoms with Gasteiger partial charge in [-0.3, -0.25) is 0 Å². The summed E-state index contributed by atoms with van der Waals surface area (Å²) in [5.74, 6) is 0.00426. The highest BCUT2D eigenvalue weighted by Crippen LogP contribution is 2.28. The van der Waals surface area contributed by atoms with E-state index in [-0.39, 0.29) is 28.5 Å². The van der Waals surface area contributed by atoms with Gasteiger partial charge in [0.25, 0.3) is 5.52 Å². The third-order valence-corrected chi connectivity index (χ3v) is 2.38. The second-order valence-corrected chi connectivity index (χ2v) is 3.37. The van der Waals surface area contributed by atoms with E-state index < -0.39 is 0 Å². The molecule has 0 aliphatic rings. The first kappa shape index (κ1) is 11.1. The van der Waals surface area contributed by atoms with E-state index >= 15 is 0 Å². The number of nitrogen functional groups attached to an aromatic ring is 2. The molecule has 0 fully saturated rings. The van der Waals surface area contributed by atoms with Gasteiger partial charge in [0.15, 0.2) is 5.52 Å². The molecule has 0 spiro atoms. The lowest BCUT2D eigenvalue weighted by molar-refractivity contribution is -0.585. The number of hydrogen-bond donors (Lipinski definition) is 2. The van der Waals surface area contributed by atoms with Crippen LogP contribution >= 0.6 is 0 Å². The number of anilines is 2. The van der Waals surface area contributed by atoms with Crippen LogP contribution in [0, 0.1) is 5.21 Å².